The van der Waals surface area contributed by atoms with E-state index in [0.717, 1.165) is 12.8 Å². The summed E-state index contributed by atoms with van der Waals surface area (Å²) in [7, 11) is 0. The molecule has 0 aromatic carbocycles. The molecule has 0 amide bonds. The largest absolute Gasteiger partial charge is 0.384 e. The first kappa shape index (κ1) is 13.1. The van der Waals surface area contributed by atoms with Crippen molar-refractivity contribution in [2.45, 2.75) is 59.5 Å². The van der Waals surface area contributed by atoms with Crippen LogP contribution in [0.1, 0.15) is 57.4 Å². The van der Waals surface area contributed by atoms with Gasteiger partial charge >= 0.3 is 0 Å². The molecule has 1 aromatic rings. The molecule has 2 rings (SSSR count). The first-order valence-corrected chi connectivity index (χ1v) is 7.29. The van der Waals surface area contributed by atoms with Gasteiger partial charge in [-0.15, -0.1) is 11.3 Å². The SMILES string of the molecule is Cc1ccsc1C1(O)CC(C)(C)CC(C)(C)C1. The van der Waals surface area contributed by atoms with Gasteiger partial charge < -0.3 is 5.11 Å². The van der Waals surface area contributed by atoms with E-state index in [1.54, 1.807) is 11.3 Å². The summed E-state index contributed by atoms with van der Waals surface area (Å²) >= 11 is 1.71. The lowest BCUT2D eigenvalue weighted by Gasteiger charge is -2.49. The van der Waals surface area contributed by atoms with Crippen molar-refractivity contribution in [1.82, 2.24) is 0 Å². The standard InChI is InChI=1S/C15H24OS/c1-11-6-7-17-12(11)15(16)9-13(2,3)8-14(4,5)10-15/h6-7,16H,8-10H2,1-5H3. The van der Waals surface area contributed by atoms with Gasteiger partial charge in [-0.05, 0) is 54.0 Å². The molecule has 0 aliphatic heterocycles. The van der Waals surface area contributed by atoms with E-state index in [4.69, 9.17) is 0 Å². The molecule has 0 unspecified atom stereocenters. The molecule has 0 radical (unpaired) electrons. The van der Waals surface area contributed by atoms with Gasteiger partial charge in [0.1, 0.15) is 5.60 Å². The summed E-state index contributed by atoms with van der Waals surface area (Å²) in [6.45, 7) is 11.2. The van der Waals surface area contributed by atoms with E-state index < -0.39 is 5.60 Å². The Hall–Kier alpha value is -0.340. The highest BCUT2D eigenvalue weighted by molar-refractivity contribution is 7.10. The van der Waals surface area contributed by atoms with E-state index in [0.29, 0.717) is 0 Å². The molecule has 17 heavy (non-hydrogen) atoms. The van der Waals surface area contributed by atoms with Crippen LogP contribution < -0.4 is 0 Å². The summed E-state index contributed by atoms with van der Waals surface area (Å²) in [5, 5.41) is 13.2. The fourth-order valence-electron chi connectivity index (χ4n) is 4.08. The monoisotopic (exact) mass is 252 g/mol. The Balaban J connectivity index is 2.41. The average molecular weight is 252 g/mol. The van der Waals surface area contributed by atoms with Gasteiger partial charge in [0, 0.05) is 4.88 Å². The van der Waals surface area contributed by atoms with Crippen LogP contribution in [0.25, 0.3) is 0 Å². The second-order valence-electron chi connectivity index (χ2n) is 7.32. The van der Waals surface area contributed by atoms with E-state index in [9.17, 15) is 5.11 Å². The van der Waals surface area contributed by atoms with Gasteiger partial charge in [0.05, 0.1) is 0 Å². The lowest BCUT2D eigenvalue weighted by molar-refractivity contribution is -0.0892. The zero-order valence-corrected chi connectivity index (χ0v) is 12.4. The molecule has 96 valence electrons. The van der Waals surface area contributed by atoms with Crippen molar-refractivity contribution in [3.63, 3.8) is 0 Å². The predicted molar refractivity (Wildman–Crippen MR) is 74.4 cm³/mol. The van der Waals surface area contributed by atoms with Crippen LogP contribution >= 0.6 is 11.3 Å². The number of aryl methyl sites for hydroxylation is 1. The van der Waals surface area contributed by atoms with E-state index in [-0.39, 0.29) is 10.8 Å². The highest BCUT2D eigenvalue weighted by Crippen LogP contribution is 2.55. The Labute approximate surface area is 109 Å². The van der Waals surface area contributed by atoms with Crippen molar-refractivity contribution in [2.24, 2.45) is 10.8 Å². The molecule has 2 heteroatoms. The molecule has 0 bridgehead atoms. The number of hydrogen-bond acceptors (Lipinski definition) is 2. The summed E-state index contributed by atoms with van der Waals surface area (Å²) in [6, 6.07) is 2.12. The van der Waals surface area contributed by atoms with Crippen LogP contribution in [0.15, 0.2) is 11.4 Å². The molecule has 1 saturated carbocycles. The van der Waals surface area contributed by atoms with Gasteiger partial charge in [0.15, 0.2) is 0 Å². The van der Waals surface area contributed by atoms with Crippen molar-refractivity contribution < 1.29 is 5.11 Å². The Kier molecular flexibility index (Phi) is 2.95. The number of rotatable bonds is 1. The molecule has 1 fully saturated rings. The molecule has 1 nitrogen and oxygen atoms in total. The topological polar surface area (TPSA) is 20.2 Å². The maximum absolute atomic E-state index is 11.1. The number of aliphatic hydroxyl groups is 1. The molecule has 1 aliphatic carbocycles. The van der Waals surface area contributed by atoms with Crippen molar-refractivity contribution >= 4 is 11.3 Å². The van der Waals surface area contributed by atoms with E-state index in [1.165, 1.54) is 16.9 Å². The second-order valence-corrected chi connectivity index (χ2v) is 8.24. The average Bonchev–Trinajstić information content (AvgIpc) is 2.44. The van der Waals surface area contributed by atoms with Crippen LogP contribution in [0.5, 0.6) is 0 Å². The first-order chi connectivity index (χ1) is 7.64. The van der Waals surface area contributed by atoms with Crippen molar-refractivity contribution in [2.75, 3.05) is 0 Å². The van der Waals surface area contributed by atoms with Crippen LogP contribution in [-0.2, 0) is 5.60 Å². The molecule has 0 spiro atoms. The number of hydrogen-bond donors (Lipinski definition) is 1. The van der Waals surface area contributed by atoms with Gasteiger partial charge in [-0.1, -0.05) is 27.7 Å². The maximum atomic E-state index is 11.1. The first-order valence-electron chi connectivity index (χ1n) is 6.41. The van der Waals surface area contributed by atoms with Gasteiger partial charge in [0.25, 0.3) is 0 Å². The smallest absolute Gasteiger partial charge is 0.100 e. The van der Waals surface area contributed by atoms with E-state index in [2.05, 4.69) is 46.1 Å². The zero-order valence-electron chi connectivity index (χ0n) is 11.6. The van der Waals surface area contributed by atoms with Crippen molar-refractivity contribution in [3.05, 3.63) is 21.9 Å². The molecule has 1 N–H and O–H groups in total. The van der Waals surface area contributed by atoms with Gasteiger partial charge in [-0.3, -0.25) is 0 Å². The molecular weight excluding hydrogens is 228 g/mol. The van der Waals surface area contributed by atoms with Gasteiger partial charge in [0.2, 0.25) is 0 Å². The summed E-state index contributed by atoms with van der Waals surface area (Å²) in [6.07, 6.45) is 2.95. The normalized spacial score (nSPS) is 25.8. The van der Waals surface area contributed by atoms with E-state index >= 15 is 0 Å². The van der Waals surface area contributed by atoms with Crippen LogP contribution in [-0.4, -0.2) is 5.11 Å². The van der Waals surface area contributed by atoms with Crippen LogP contribution in [0.2, 0.25) is 0 Å². The Morgan fingerprint density at radius 1 is 1.06 bits per heavy atom. The highest BCUT2D eigenvalue weighted by Gasteiger charge is 2.48. The third-order valence-corrected chi connectivity index (χ3v) is 4.99. The summed E-state index contributed by atoms with van der Waals surface area (Å²) < 4.78 is 0. The van der Waals surface area contributed by atoms with Crippen molar-refractivity contribution in [3.8, 4) is 0 Å². The minimum Gasteiger partial charge on any atom is -0.384 e. The predicted octanol–water partition coefficient (Wildman–Crippen LogP) is 4.48. The fraction of sp³-hybridized carbons (Fsp3) is 0.733. The molecule has 0 saturated heterocycles. The van der Waals surface area contributed by atoms with Gasteiger partial charge in [-0.2, -0.15) is 0 Å². The highest BCUT2D eigenvalue weighted by atomic mass is 32.1. The molecule has 1 aliphatic rings. The van der Waals surface area contributed by atoms with Crippen LogP contribution in [0.4, 0.5) is 0 Å². The lowest BCUT2D eigenvalue weighted by Crippen LogP contribution is -2.44. The minimum atomic E-state index is -0.622. The quantitative estimate of drug-likeness (QED) is 0.781. The fourth-order valence-corrected chi connectivity index (χ4v) is 5.10. The van der Waals surface area contributed by atoms with E-state index in [1.807, 2.05) is 0 Å². The van der Waals surface area contributed by atoms with Crippen LogP contribution in [0, 0.1) is 17.8 Å². The third-order valence-electron chi connectivity index (χ3n) is 3.78. The molecule has 0 atom stereocenters. The van der Waals surface area contributed by atoms with Crippen molar-refractivity contribution in [1.29, 1.82) is 0 Å². The second kappa shape index (κ2) is 3.83. The Morgan fingerprint density at radius 3 is 2.00 bits per heavy atom. The Bertz CT molecular complexity index is 398. The van der Waals surface area contributed by atoms with Gasteiger partial charge in [-0.25, -0.2) is 0 Å². The molecule has 1 aromatic heterocycles. The van der Waals surface area contributed by atoms with Crippen LogP contribution in [0.3, 0.4) is 0 Å². The lowest BCUT2D eigenvalue weighted by atomic mass is 9.59. The molecule has 1 heterocycles. The Morgan fingerprint density at radius 2 is 1.59 bits per heavy atom. The third kappa shape index (κ3) is 2.58. The summed E-state index contributed by atoms with van der Waals surface area (Å²) in [5.41, 5.74) is 1.05. The molecular formula is C15H24OS. The number of thiophene rings is 1. The zero-order chi connectivity index (χ0) is 12.9. The summed E-state index contributed by atoms with van der Waals surface area (Å²) in [4.78, 5) is 1.18. The summed E-state index contributed by atoms with van der Waals surface area (Å²) in [5.74, 6) is 0. The maximum Gasteiger partial charge on any atom is 0.100 e. The minimum absolute atomic E-state index is 0.215.